The second-order valence-corrected chi connectivity index (χ2v) is 6.03. The lowest BCUT2D eigenvalue weighted by Gasteiger charge is -2.41. The maximum atomic E-state index is 11.4. The number of fused-ring (bicyclic) bond motifs is 3. The molecule has 1 aromatic rings. The molecule has 0 amide bonds. The van der Waals surface area contributed by atoms with Gasteiger partial charge in [0.15, 0.2) is 0 Å². The predicted octanol–water partition coefficient (Wildman–Crippen LogP) is 3.17. The van der Waals surface area contributed by atoms with E-state index in [0.717, 1.165) is 18.3 Å². The Bertz CT molecular complexity index is 486. The number of methoxy groups -OCH3 is 1. The summed E-state index contributed by atoms with van der Waals surface area (Å²) in [6.45, 7) is 0.298. The Morgan fingerprint density at radius 2 is 2.00 bits per heavy atom. The number of hydrogen-bond donors (Lipinski definition) is 1. The Labute approximate surface area is 120 Å². The Kier molecular flexibility index (Phi) is 4.06. The van der Waals surface area contributed by atoms with Crippen LogP contribution in [0.15, 0.2) is 24.3 Å². The first-order chi connectivity index (χ1) is 9.79. The third-order valence-electron chi connectivity index (χ3n) is 4.94. The van der Waals surface area contributed by atoms with Crippen LogP contribution in [0.5, 0.6) is 0 Å². The van der Waals surface area contributed by atoms with Gasteiger partial charge in [-0.05, 0) is 42.2 Å². The predicted molar refractivity (Wildman–Crippen MR) is 78.5 cm³/mol. The molecule has 0 radical (unpaired) electrons. The lowest BCUT2D eigenvalue weighted by molar-refractivity contribution is -0.139. The first-order valence-corrected chi connectivity index (χ1v) is 7.68. The molecular formula is C17H23NO2. The first kappa shape index (κ1) is 13.6. The molecule has 3 nitrogen and oxygen atoms in total. The average Bonchev–Trinajstić information content (AvgIpc) is 2.52. The second-order valence-electron chi connectivity index (χ2n) is 6.03. The van der Waals surface area contributed by atoms with Crippen molar-refractivity contribution in [1.82, 2.24) is 5.32 Å². The van der Waals surface area contributed by atoms with Gasteiger partial charge in [-0.3, -0.25) is 4.79 Å². The summed E-state index contributed by atoms with van der Waals surface area (Å²) in [6.07, 6.45) is 6.52. The van der Waals surface area contributed by atoms with E-state index in [0.29, 0.717) is 12.6 Å². The highest BCUT2D eigenvalue weighted by atomic mass is 16.5. The Morgan fingerprint density at radius 3 is 2.80 bits per heavy atom. The highest BCUT2D eigenvalue weighted by Crippen LogP contribution is 2.48. The summed E-state index contributed by atoms with van der Waals surface area (Å²) in [5.41, 5.74) is 2.89. The first-order valence-electron chi connectivity index (χ1n) is 7.68. The van der Waals surface area contributed by atoms with E-state index in [4.69, 9.17) is 4.74 Å². The van der Waals surface area contributed by atoms with Crippen LogP contribution in [0.3, 0.4) is 0 Å². The third-order valence-corrected chi connectivity index (χ3v) is 4.94. The minimum Gasteiger partial charge on any atom is -0.468 e. The molecule has 0 aromatic heterocycles. The van der Waals surface area contributed by atoms with Crippen LogP contribution >= 0.6 is 0 Å². The molecule has 1 N–H and O–H groups in total. The molecule has 0 saturated heterocycles. The minimum absolute atomic E-state index is 0.187. The summed E-state index contributed by atoms with van der Waals surface area (Å²) in [5, 5.41) is 3.39. The molecule has 2 aliphatic carbocycles. The number of hydrogen-bond acceptors (Lipinski definition) is 3. The van der Waals surface area contributed by atoms with Gasteiger partial charge in [-0.2, -0.15) is 0 Å². The van der Waals surface area contributed by atoms with Crippen LogP contribution in [-0.2, 0) is 9.53 Å². The van der Waals surface area contributed by atoms with E-state index < -0.39 is 0 Å². The standard InChI is InChI=1S/C17H23NO2/c1-20-17(19)11-18-16-10-12-6-2-3-7-13(12)14-8-4-5-9-15(14)16/h4-5,8-9,12-13,16,18H,2-3,6-7,10-11H2,1H3. The van der Waals surface area contributed by atoms with Crippen molar-refractivity contribution in [2.24, 2.45) is 5.92 Å². The lowest BCUT2D eigenvalue weighted by atomic mass is 9.66. The van der Waals surface area contributed by atoms with E-state index >= 15 is 0 Å². The zero-order chi connectivity index (χ0) is 13.9. The molecule has 3 heteroatoms. The molecule has 3 unspecified atom stereocenters. The second kappa shape index (κ2) is 5.96. The number of esters is 1. The summed E-state index contributed by atoms with van der Waals surface area (Å²) in [5.74, 6) is 1.32. The minimum atomic E-state index is -0.187. The normalized spacial score (nSPS) is 28.4. The number of rotatable bonds is 3. The van der Waals surface area contributed by atoms with E-state index in [2.05, 4.69) is 29.6 Å². The van der Waals surface area contributed by atoms with E-state index in [9.17, 15) is 4.79 Å². The molecular weight excluding hydrogens is 250 g/mol. The maximum absolute atomic E-state index is 11.4. The van der Waals surface area contributed by atoms with Gasteiger partial charge in [-0.1, -0.05) is 37.1 Å². The van der Waals surface area contributed by atoms with Crippen molar-refractivity contribution in [3.63, 3.8) is 0 Å². The van der Waals surface area contributed by atoms with Gasteiger partial charge in [0.2, 0.25) is 0 Å². The fourth-order valence-corrected chi connectivity index (χ4v) is 3.97. The van der Waals surface area contributed by atoms with Crippen LogP contribution in [0.25, 0.3) is 0 Å². The fraction of sp³-hybridized carbons (Fsp3) is 0.588. The van der Waals surface area contributed by atoms with Gasteiger partial charge >= 0.3 is 5.97 Å². The highest BCUT2D eigenvalue weighted by Gasteiger charge is 2.35. The number of benzene rings is 1. The summed E-state index contributed by atoms with van der Waals surface area (Å²) in [7, 11) is 1.44. The molecule has 0 aliphatic heterocycles. The van der Waals surface area contributed by atoms with Crippen molar-refractivity contribution in [2.75, 3.05) is 13.7 Å². The highest BCUT2D eigenvalue weighted by molar-refractivity contribution is 5.71. The van der Waals surface area contributed by atoms with Crippen molar-refractivity contribution < 1.29 is 9.53 Å². The Hall–Kier alpha value is -1.35. The van der Waals surface area contributed by atoms with E-state index in [-0.39, 0.29) is 5.97 Å². The number of nitrogens with one attached hydrogen (secondary N) is 1. The van der Waals surface area contributed by atoms with Crippen LogP contribution in [0.1, 0.15) is 55.2 Å². The van der Waals surface area contributed by atoms with Crippen molar-refractivity contribution in [2.45, 2.75) is 44.1 Å². The zero-order valence-electron chi connectivity index (χ0n) is 12.1. The van der Waals surface area contributed by atoms with Crippen LogP contribution in [0, 0.1) is 5.92 Å². The van der Waals surface area contributed by atoms with E-state index in [1.165, 1.54) is 43.9 Å². The van der Waals surface area contributed by atoms with Crippen LogP contribution in [-0.4, -0.2) is 19.6 Å². The Balaban J connectivity index is 1.82. The van der Waals surface area contributed by atoms with Crippen molar-refractivity contribution in [1.29, 1.82) is 0 Å². The maximum Gasteiger partial charge on any atom is 0.319 e. The van der Waals surface area contributed by atoms with Gasteiger partial charge < -0.3 is 10.1 Å². The third kappa shape index (κ3) is 2.59. The van der Waals surface area contributed by atoms with Crippen LogP contribution < -0.4 is 5.32 Å². The van der Waals surface area contributed by atoms with Gasteiger partial charge in [0.05, 0.1) is 13.7 Å². The average molecular weight is 273 g/mol. The monoisotopic (exact) mass is 273 g/mol. The zero-order valence-corrected chi connectivity index (χ0v) is 12.1. The molecule has 20 heavy (non-hydrogen) atoms. The van der Waals surface area contributed by atoms with E-state index in [1.807, 2.05) is 0 Å². The molecule has 1 aromatic carbocycles. The van der Waals surface area contributed by atoms with Crippen molar-refractivity contribution in [3.8, 4) is 0 Å². The molecule has 3 rings (SSSR count). The summed E-state index contributed by atoms with van der Waals surface area (Å²) >= 11 is 0. The Morgan fingerprint density at radius 1 is 1.25 bits per heavy atom. The van der Waals surface area contributed by atoms with Gasteiger partial charge in [-0.25, -0.2) is 0 Å². The molecule has 0 spiro atoms. The van der Waals surface area contributed by atoms with Gasteiger partial charge in [0.1, 0.15) is 0 Å². The lowest BCUT2D eigenvalue weighted by Crippen LogP contribution is -2.35. The smallest absolute Gasteiger partial charge is 0.319 e. The van der Waals surface area contributed by atoms with Crippen LogP contribution in [0.4, 0.5) is 0 Å². The molecule has 0 bridgehead atoms. The summed E-state index contributed by atoms with van der Waals surface area (Å²) < 4.78 is 4.73. The molecule has 1 saturated carbocycles. The van der Waals surface area contributed by atoms with Gasteiger partial charge in [-0.15, -0.1) is 0 Å². The van der Waals surface area contributed by atoms with Gasteiger partial charge in [0.25, 0.3) is 0 Å². The SMILES string of the molecule is COC(=O)CNC1CC2CCCCC2c2ccccc21. The quantitative estimate of drug-likeness (QED) is 0.860. The van der Waals surface area contributed by atoms with Gasteiger partial charge in [0, 0.05) is 6.04 Å². The molecule has 1 fully saturated rings. The molecule has 3 atom stereocenters. The van der Waals surface area contributed by atoms with Crippen molar-refractivity contribution >= 4 is 5.97 Å². The summed E-state index contributed by atoms with van der Waals surface area (Å²) in [4.78, 5) is 11.4. The topological polar surface area (TPSA) is 38.3 Å². The van der Waals surface area contributed by atoms with Crippen LogP contribution in [0.2, 0.25) is 0 Å². The largest absolute Gasteiger partial charge is 0.468 e. The summed E-state index contributed by atoms with van der Waals surface area (Å²) in [6, 6.07) is 9.05. The van der Waals surface area contributed by atoms with E-state index in [1.54, 1.807) is 0 Å². The molecule has 2 aliphatic rings. The number of carbonyl (C=O) groups excluding carboxylic acids is 1. The number of carbonyl (C=O) groups is 1. The number of ether oxygens (including phenoxy) is 1. The molecule has 0 heterocycles. The molecule has 108 valence electrons. The fourth-order valence-electron chi connectivity index (χ4n) is 3.97. The van der Waals surface area contributed by atoms with Crippen molar-refractivity contribution in [3.05, 3.63) is 35.4 Å².